The maximum atomic E-state index is 13.3. The molecule has 0 bridgehead atoms. The van der Waals surface area contributed by atoms with Gasteiger partial charge in [0.15, 0.2) is 0 Å². The van der Waals surface area contributed by atoms with E-state index in [4.69, 9.17) is 5.73 Å². The molecule has 1 aliphatic rings. The van der Waals surface area contributed by atoms with Crippen molar-refractivity contribution in [2.75, 3.05) is 6.54 Å². The average Bonchev–Trinajstić information content (AvgIpc) is 3.02. The molecule has 1 amide bonds. The molecule has 23 heavy (non-hydrogen) atoms. The van der Waals surface area contributed by atoms with Gasteiger partial charge >= 0.3 is 0 Å². The maximum Gasteiger partial charge on any atom is 0.254 e. The summed E-state index contributed by atoms with van der Waals surface area (Å²) < 4.78 is 13.3. The van der Waals surface area contributed by atoms with E-state index in [2.05, 4.69) is 0 Å². The van der Waals surface area contributed by atoms with Gasteiger partial charge in [0.25, 0.3) is 5.91 Å². The van der Waals surface area contributed by atoms with Crippen LogP contribution in [-0.4, -0.2) is 23.4 Å². The molecule has 0 aliphatic carbocycles. The maximum absolute atomic E-state index is 13.3. The van der Waals surface area contributed by atoms with Crippen LogP contribution in [0, 0.1) is 5.82 Å². The van der Waals surface area contributed by atoms with Crippen molar-refractivity contribution in [3.05, 3.63) is 71.0 Å². The van der Waals surface area contributed by atoms with Gasteiger partial charge in [0.2, 0.25) is 0 Å². The zero-order chi connectivity index (χ0) is 16.2. The molecule has 0 spiro atoms. The van der Waals surface area contributed by atoms with Crippen LogP contribution in [0.2, 0.25) is 0 Å². The summed E-state index contributed by atoms with van der Waals surface area (Å²) in [5, 5.41) is 0. The molecule has 4 heteroatoms. The highest BCUT2D eigenvalue weighted by Crippen LogP contribution is 2.24. The van der Waals surface area contributed by atoms with Crippen LogP contribution in [0.15, 0.2) is 48.5 Å². The summed E-state index contributed by atoms with van der Waals surface area (Å²) in [6, 6.07) is 14.2. The summed E-state index contributed by atoms with van der Waals surface area (Å²) in [6.07, 6.45) is 2.65. The van der Waals surface area contributed by atoms with Crippen LogP contribution in [0.3, 0.4) is 0 Å². The molecule has 120 valence electrons. The minimum atomic E-state index is -0.226. The molecule has 0 radical (unpaired) electrons. The summed E-state index contributed by atoms with van der Waals surface area (Å²) in [6.45, 7) is 1.23. The first-order valence-electron chi connectivity index (χ1n) is 8.02. The summed E-state index contributed by atoms with van der Waals surface area (Å²) >= 11 is 0. The molecular weight excluding hydrogens is 291 g/mol. The molecule has 1 aliphatic heterocycles. The summed E-state index contributed by atoms with van der Waals surface area (Å²) in [7, 11) is 0. The number of hydrogen-bond donors (Lipinski definition) is 1. The van der Waals surface area contributed by atoms with Gasteiger partial charge in [-0.2, -0.15) is 0 Å². The third-order valence-electron chi connectivity index (χ3n) is 4.43. The van der Waals surface area contributed by atoms with Crippen LogP contribution in [0.4, 0.5) is 4.39 Å². The number of likely N-dealkylation sites (tertiary alicyclic amines) is 1. The summed E-state index contributed by atoms with van der Waals surface area (Å²) in [5.41, 5.74) is 8.23. The molecular formula is C19H21FN2O. The zero-order valence-electron chi connectivity index (χ0n) is 13.0. The third-order valence-corrected chi connectivity index (χ3v) is 4.43. The van der Waals surface area contributed by atoms with Gasteiger partial charge in [-0.25, -0.2) is 4.39 Å². The predicted octanol–water partition coefficient (Wildman–Crippen LogP) is 3.13. The largest absolute Gasteiger partial charge is 0.335 e. The molecule has 0 saturated carbocycles. The molecule has 0 aromatic heterocycles. The third kappa shape index (κ3) is 3.59. The van der Waals surface area contributed by atoms with Gasteiger partial charge in [-0.15, -0.1) is 0 Å². The quantitative estimate of drug-likeness (QED) is 0.943. The Balaban J connectivity index is 1.73. The van der Waals surface area contributed by atoms with E-state index in [-0.39, 0.29) is 17.8 Å². The Kier molecular flexibility index (Phi) is 4.72. The Bertz CT molecular complexity index is 684. The molecule has 3 rings (SSSR count). The fourth-order valence-electron chi connectivity index (χ4n) is 3.20. The van der Waals surface area contributed by atoms with Gasteiger partial charge in [0, 0.05) is 24.7 Å². The van der Waals surface area contributed by atoms with Crippen LogP contribution >= 0.6 is 0 Å². The van der Waals surface area contributed by atoms with Crippen molar-refractivity contribution in [2.45, 2.75) is 31.8 Å². The number of nitrogens with two attached hydrogens (primary N) is 1. The second-order valence-electron chi connectivity index (χ2n) is 6.03. The first kappa shape index (κ1) is 15.7. The van der Waals surface area contributed by atoms with Crippen molar-refractivity contribution >= 4 is 5.91 Å². The highest BCUT2D eigenvalue weighted by Gasteiger charge is 2.29. The Morgan fingerprint density at radius 2 is 1.96 bits per heavy atom. The highest BCUT2D eigenvalue weighted by molar-refractivity contribution is 5.94. The fourth-order valence-corrected chi connectivity index (χ4v) is 3.20. The number of carbonyl (C=O) groups excluding carboxylic acids is 1. The Morgan fingerprint density at radius 3 is 2.65 bits per heavy atom. The molecule has 1 heterocycles. The lowest BCUT2D eigenvalue weighted by atomic mass is 10.0. The molecule has 2 aromatic rings. The lowest BCUT2D eigenvalue weighted by Crippen LogP contribution is -2.36. The molecule has 1 unspecified atom stereocenters. The van der Waals surface area contributed by atoms with Crippen LogP contribution < -0.4 is 5.73 Å². The predicted molar refractivity (Wildman–Crippen MR) is 88.5 cm³/mol. The van der Waals surface area contributed by atoms with E-state index in [9.17, 15) is 9.18 Å². The lowest BCUT2D eigenvalue weighted by molar-refractivity contribution is 0.0736. The van der Waals surface area contributed by atoms with E-state index < -0.39 is 0 Å². The molecule has 3 nitrogen and oxygen atoms in total. The first-order chi connectivity index (χ1) is 11.2. The Labute approximate surface area is 135 Å². The first-order valence-corrected chi connectivity index (χ1v) is 8.02. The van der Waals surface area contributed by atoms with E-state index in [0.29, 0.717) is 18.5 Å². The smallest absolute Gasteiger partial charge is 0.254 e. The number of halogens is 1. The monoisotopic (exact) mass is 312 g/mol. The molecule has 2 aromatic carbocycles. The van der Waals surface area contributed by atoms with Gasteiger partial charge in [-0.1, -0.05) is 24.3 Å². The number of rotatable bonds is 4. The summed E-state index contributed by atoms with van der Waals surface area (Å²) in [4.78, 5) is 14.7. The lowest BCUT2D eigenvalue weighted by Gasteiger charge is -2.25. The van der Waals surface area contributed by atoms with Crippen molar-refractivity contribution < 1.29 is 9.18 Å². The minimum absolute atomic E-state index is 0.0486. The number of nitrogens with zero attached hydrogens (tertiary/aromatic N) is 1. The Hall–Kier alpha value is -2.20. The van der Waals surface area contributed by atoms with Gasteiger partial charge in [0.05, 0.1) is 0 Å². The van der Waals surface area contributed by atoms with E-state index in [1.165, 1.54) is 6.07 Å². The SMILES string of the molecule is NCc1ccc(C(=O)N2CCCC2Cc2cccc(F)c2)cc1. The number of hydrogen-bond acceptors (Lipinski definition) is 2. The number of benzene rings is 2. The normalized spacial score (nSPS) is 17.5. The molecule has 1 atom stereocenters. The van der Waals surface area contributed by atoms with Gasteiger partial charge in [0.1, 0.15) is 5.82 Å². The second kappa shape index (κ2) is 6.92. The number of carbonyl (C=O) groups is 1. The van der Waals surface area contributed by atoms with E-state index in [0.717, 1.165) is 30.5 Å². The zero-order valence-corrected chi connectivity index (χ0v) is 13.0. The van der Waals surface area contributed by atoms with E-state index in [1.807, 2.05) is 35.2 Å². The van der Waals surface area contributed by atoms with Crippen molar-refractivity contribution in [1.82, 2.24) is 4.90 Å². The van der Waals surface area contributed by atoms with Crippen LogP contribution in [-0.2, 0) is 13.0 Å². The van der Waals surface area contributed by atoms with Crippen molar-refractivity contribution in [2.24, 2.45) is 5.73 Å². The minimum Gasteiger partial charge on any atom is -0.335 e. The van der Waals surface area contributed by atoms with Crippen molar-refractivity contribution in [3.8, 4) is 0 Å². The fraction of sp³-hybridized carbons (Fsp3) is 0.316. The topological polar surface area (TPSA) is 46.3 Å². The second-order valence-corrected chi connectivity index (χ2v) is 6.03. The number of amides is 1. The van der Waals surface area contributed by atoms with E-state index >= 15 is 0 Å². The molecule has 1 saturated heterocycles. The van der Waals surface area contributed by atoms with Crippen LogP contribution in [0.1, 0.15) is 34.3 Å². The van der Waals surface area contributed by atoms with Crippen molar-refractivity contribution in [1.29, 1.82) is 0 Å². The van der Waals surface area contributed by atoms with Crippen molar-refractivity contribution in [3.63, 3.8) is 0 Å². The molecule has 2 N–H and O–H groups in total. The standard InChI is InChI=1S/C19H21FN2O/c20-17-4-1-3-15(11-17)12-18-5-2-10-22(18)19(23)16-8-6-14(13-21)7-9-16/h1,3-4,6-9,11,18H,2,5,10,12-13,21H2. The van der Waals surface area contributed by atoms with Gasteiger partial charge in [-0.3, -0.25) is 4.79 Å². The van der Waals surface area contributed by atoms with Crippen LogP contribution in [0.25, 0.3) is 0 Å². The van der Waals surface area contributed by atoms with Crippen LogP contribution in [0.5, 0.6) is 0 Å². The van der Waals surface area contributed by atoms with Gasteiger partial charge in [-0.05, 0) is 54.7 Å². The van der Waals surface area contributed by atoms with Gasteiger partial charge < -0.3 is 10.6 Å². The Morgan fingerprint density at radius 1 is 1.17 bits per heavy atom. The molecule has 1 fully saturated rings. The van der Waals surface area contributed by atoms with E-state index in [1.54, 1.807) is 12.1 Å². The summed E-state index contributed by atoms with van der Waals surface area (Å²) in [5.74, 6) is -0.178. The average molecular weight is 312 g/mol. The highest BCUT2D eigenvalue weighted by atomic mass is 19.1.